The Balaban J connectivity index is 3.48. The van der Waals surface area contributed by atoms with Gasteiger partial charge >= 0.3 is 0 Å². The Hall–Kier alpha value is -1.51. The summed E-state index contributed by atoms with van der Waals surface area (Å²) in [6, 6.07) is 2.04. The summed E-state index contributed by atoms with van der Waals surface area (Å²) in [5.41, 5.74) is -0.0463. The van der Waals surface area contributed by atoms with Gasteiger partial charge in [-0.05, 0) is 18.9 Å². The second kappa shape index (κ2) is 3.26. The average Bonchev–Trinajstić information content (AvgIpc) is 2.08. The van der Waals surface area contributed by atoms with Crippen LogP contribution in [0.15, 0.2) is 23.7 Å². The molecule has 0 aliphatic rings. The van der Waals surface area contributed by atoms with Gasteiger partial charge in [-0.3, -0.25) is 4.99 Å². The first-order chi connectivity index (χ1) is 5.70. The van der Waals surface area contributed by atoms with Crippen LogP contribution in [0.2, 0.25) is 0 Å². The summed E-state index contributed by atoms with van der Waals surface area (Å²) in [7, 11) is 0. The highest BCUT2D eigenvalue weighted by Gasteiger charge is 2.08. The van der Waals surface area contributed by atoms with Crippen LogP contribution in [0.1, 0.15) is 5.56 Å². The van der Waals surface area contributed by atoms with E-state index < -0.39 is 11.6 Å². The molecule has 0 aliphatic heterocycles. The van der Waals surface area contributed by atoms with E-state index in [-0.39, 0.29) is 11.3 Å². The highest BCUT2D eigenvalue weighted by atomic mass is 19.1. The monoisotopic (exact) mass is 167 g/mol. The fourth-order valence-corrected chi connectivity index (χ4v) is 0.912. The fourth-order valence-electron chi connectivity index (χ4n) is 0.912. The van der Waals surface area contributed by atoms with Gasteiger partial charge in [0.2, 0.25) is 0 Å². The molecule has 0 aliphatic carbocycles. The SMILES string of the molecule is C=Cc1c(F)ccc(F)c1N=C. The van der Waals surface area contributed by atoms with Gasteiger partial charge in [-0.25, -0.2) is 8.78 Å². The molecule has 1 nitrogen and oxygen atoms in total. The molecule has 1 aromatic rings. The molecule has 0 aromatic heterocycles. The lowest BCUT2D eigenvalue weighted by atomic mass is 10.1. The first-order valence-corrected chi connectivity index (χ1v) is 3.28. The molecule has 0 radical (unpaired) electrons. The van der Waals surface area contributed by atoms with E-state index in [0.29, 0.717) is 0 Å². The van der Waals surface area contributed by atoms with Crippen LogP contribution >= 0.6 is 0 Å². The quantitative estimate of drug-likeness (QED) is 0.600. The zero-order valence-electron chi connectivity index (χ0n) is 6.35. The van der Waals surface area contributed by atoms with Crippen LogP contribution in [0.3, 0.4) is 0 Å². The Morgan fingerprint density at radius 3 is 2.25 bits per heavy atom. The third kappa shape index (κ3) is 1.25. The lowest BCUT2D eigenvalue weighted by molar-refractivity contribution is 0.600. The number of nitrogens with zero attached hydrogens (tertiary/aromatic N) is 1. The number of hydrogen-bond acceptors (Lipinski definition) is 1. The predicted molar refractivity (Wildman–Crippen MR) is 45.7 cm³/mol. The molecule has 0 heterocycles. The lowest BCUT2D eigenvalue weighted by Crippen LogP contribution is -1.86. The third-order valence-electron chi connectivity index (χ3n) is 1.48. The van der Waals surface area contributed by atoms with Crippen LogP contribution in [0.4, 0.5) is 14.5 Å². The molecule has 0 fully saturated rings. The Bertz CT molecular complexity index is 299. The molecule has 0 amide bonds. The van der Waals surface area contributed by atoms with Crippen molar-refractivity contribution in [3.05, 3.63) is 35.9 Å². The maximum absolute atomic E-state index is 12.9. The Morgan fingerprint density at radius 2 is 1.83 bits per heavy atom. The predicted octanol–water partition coefficient (Wildman–Crippen LogP) is 2.94. The highest BCUT2D eigenvalue weighted by Crippen LogP contribution is 2.25. The summed E-state index contributed by atoms with van der Waals surface area (Å²) in [5, 5.41) is 0. The van der Waals surface area contributed by atoms with E-state index in [1.165, 1.54) is 6.08 Å². The first kappa shape index (κ1) is 8.59. The van der Waals surface area contributed by atoms with Crippen molar-refractivity contribution in [2.24, 2.45) is 4.99 Å². The molecular weight excluding hydrogens is 160 g/mol. The van der Waals surface area contributed by atoms with Crippen LogP contribution in [-0.4, -0.2) is 6.72 Å². The summed E-state index contributed by atoms with van der Waals surface area (Å²) in [6.45, 7) is 6.48. The molecule has 3 heteroatoms. The Morgan fingerprint density at radius 1 is 1.25 bits per heavy atom. The average molecular weight is 167 g/mol. The van der Waals surface area contributed by atoms with E-state index in [4.69, 9.17) is 0 Å². The minimum Gasteiger partial charge on any atom is -0.261 e. The third-order valence-corrected chi connectivity index (χ3v) is 1.48. The van der Waals surface area contributed by atoms with Crippen molar-refractivity contribution in [2.75, 3.05) is 0 Å². The molecule has 0 saturated heterocycles. The van der Waals surface area contributed by atoms with Crippen molar-refractivity contribution in [3.63, 3.8) is 0 Å². The fraction of sp³-hybridized carbons (Fsp3) is 0. The summed E-state index contributed by atoms with van der Waals surface area (Å²) >= 11 is 0. The van der Waals surface area contributed by atoms with Gasteiger partial charge in [-0.1, -0.05) is 12.7 Å². The van der Waals surface area contributed by atoms with Gasteiger partial charge in [-0.15, -0.1) is 0 Å². The normalized spacial score (nSPS) is 9.50. The van der Waals surface area contributed by atoms with Crippen molar-refractivity contribution < 1.29 is 8.78 Å². The second-order valence-electron chi connectivity index (χ2n) is 2.15. The van der Waals surface area contributed by atoms with Crippen molar-refractivity contribution in [3.8, 4) is 0 Å². The van der Waals surface area contributed by atoms with Gasteiger partial charge in [0, 0.05) is 5.56 Å². The van der Waals surface area contributed by atoms with Gasteiger partial charge < -0.3 is 0 Å². The van der Waals surface area contributed by atoms with E-state index in [1.54, 1.807) is 0 Å². The van der Waals surface area contributed by atoms with E-state index in [9.17, 15) is 8.78 Å². The van der Waals surface area contributed by atoms with Gasteiger partial charge in [0.15, 0.2) is 0 Å². The van der Waals surface area contributed by atoms with Gasteiger partial charge in [0.1, 0.15) is 17.3 Å². The standard InChI is InChI=1S/C9H7F2N/c1-3-6-7(10)4-5-8(11)9(6)12-2/h3-5H,1-2H2. The molecule has 0 N–H and O–H groups in total. The molecule has 0 atom stereocenters. The van der Waals surface area contributed by atoms with E-state index >= 15 is 0 Å². The van der Waals surface area contributed by atoms with E-state index in [2.05, 4.69) is 18.3 Å². The van der Waals surface area contributed by atoms with E-state index in [1.807, 2.05) is 0 Å². The van der Waals surface area contributed by atoms with Crippen LogP contribution in [0.5, 0.6) is 0 Å². The molecule has 0 unspecified atom stereocenters. The summed E-state index contributed by atoms with van der Waals surface area (Å²) in [5.74, 6) is -1.14. The van der Waals surface area contributed by atoms with Crippen molar-refractivity contribution in [1.82, 2.24) is 0 Å². The zero-order valence-corrected chi connectivity index (χ0v) is 6.35. The number of halogens is 2. The molecule has 1 rings (SSSR count). The minimum atomic E-state index is -0.596. The maximum Gasteiger partial charge on any atom is 0.149 e. The number of hydrogen-bond donors (Lipinski definition) is 0. The van der Waals surface area contributed by atoms with Crippen molar-refractivity contribution in [1.29, 1.82) is 0 Å². The molecule has 12 heavy (non-hydrogen) atoms. The molecule has 0 saturated carbocycles. The molecule has 1 aromatic carbocycles. The Labute approximate surface area is 69.1 Å². The topological polar surface area (TPSA) is 12.4 Å². The van der Waals surface area contributed by atoms with Gasteiger partial charge in [0.05, 0.1) is 0 Å². The Kier molecular flexibility index (Phi) is 2.33. The first-order valence-electron chi connectivity index (χ1n) is 3.28. The number of benzene rings is 1. The molecular formula is C9H7F2N. The summed E-state index contributed by atoms with van der Waals surface area (Å²) in [6.07, 6.45) is 1.21. The van der Waals surface area contributed by atoms with Crippen LogP contribution < -0.4 is 0 Å². The minimum absolute atomic E-state index is 0.0463. The second-order valence-corrected chi connectivity index (χ2v) is 2.15. The number of rotatable bonds is 2. The van der Waals surface area contributed by atoms with Crippen molar-refractivity contribution >= 4 is 18.5 Å². The largest absolute Gasteiger partial charge is 0.261 e. The highest BCUT2D eigenvalue weighted by molar-refractivity contribution is 5.65. The van der Waals surface area contributed by atoms with E-state index in [0.717, 1.165) is 12.1 Å². The smallest absolute Gasteiger partial charge is 0.149 e. The van der Waals surface area contributed by atoms with Crippen LogP contribution in [0.25, 0.3) is 6.08 Å². The lowest BCUT2D eigenvalue weighted by Gasteiger charge is -2.01. The van der Waals surface area contributed by atoms with Gasteiger partial charge in [0.25, 0.3) is 0 Å². The zero-order chi connectivity index (χ0) is 9.14. The van der Waals surface area contributed by atoms with Crippen molar-refractivity contribution in [2.45, 2.75) is 0 Å². The summed E-state index contributed by atoms with van der Waals surface area (Å²) in [4.78, 5) is 3.37. The van der Waals surface area contributed by atoms with Crippen LogP contribution in [-0.2, 0) is 0 Å². The molecule has 0 bridgehead atoms. The maximum atomic E-state index is 12.9. The molecule has 62 valence electrons. The summed E-state index contributed by atoms with van der Waals surface area (Å²) < 4.78 is 25.8. The van der Waals surface area contributed by atoms with Gasteiger partial charge in [-0.2, -0.15) is 0 Å². The van der Waals surface area contributed by atoms with Crippen LogP contribution in [0, 0.1) is 11.6 Å². The number of aliphatic imine (C=N–C) groups is 1. The molecule has 0 spiro atoms.